The van der Waals surface area contributed by atoms with Gasteiger partial charge in [0.2, 0.25) is 0 Å². The van der Waals surface area contributed by atoms with Crippen molar-refractivity contribution in [3.05, 3.63) is 69.2 Å². The molecule has 0 saturated heterocycles. The predicted molar refractivity (Wildman–Crippen MR) is 71.7 cm³/mol. The van der Waals surface area contributed by atoms with Gasteiger partial charge in [-0.25, -0.2) is 4.79 Å². The Hall–Kier alpha value is -2.33. The maximum Gasteiger partial charge on any atom is 0.417 e. The monoisotopic (exact) mass is 273 g/mol. The van der Waals surface area contributed by atoms with Gasteiger partial charge in [0, 0.05) is 11.1 Å². The maximum absolute atomic E-state index is 12.3. The molecule has 1 N–H and O–H groups in total. The van der Waals surface area contributed by atoms with Crippen LogP contribution in [0.15, 0.2) is 51.7 Å². The van der Waals surface area contributed by atoms with Crippen molar-refractivity contribution in [2.24, 2.45) is 0 Å². The number of aromatic amines is 1. The molecule has 0 fully saturated rings. The fraction of sp³-hybridized carbons (Fsp3) is 0. The van der Waals surface area contributed by atoms with Crippen LogP contribution in [0.4, 0.5) is 0 Å². The first-order valence-corrected chi connectivity index (χ1v) is 5.95. The van der Waals surface area contributed by atoms with Gasteiger partial charge in [-0.15, -0.1) is 0 Å². The lowest BCUT2D eigenvalue weighted by atomic mass is 10.0. The number of hydrogen-bond donors (Lipinski definition) is 1. The third-order valence-electron chi connectivity index (χ3n) is 2.79. The Morgan fingerprint density at radius 1 is 1.16 bits per heavy atom. The molecule has 0 aliphatic heterocycles. The van der Waals surface area contributed by atoms with E-state index in [9.17, 15) is 9.59 Å². The standard InChI is InChI=1S/C14H8ClNO3/c15-10-7-11-12(19-14(18)16-11)6-9(10)13(17)8-4-2-1-3-5-8/h1-7H,(H,16,18). The lowest BCUT2D eigenvalue weighted by Crippen LogP contribution is -2.01. The number of fused-ring (bicyclic) bond motifs is 1. The van der Waals surface area contributed by atoms with E-state index in [0.29, 0.717) is 22.2 Å². The largest absolute Gasteiger partial charge is 0.417 e. The summed E-state index contributed by atoms with van der Waals surface area (Å²) in [6.07, 6.45) is 0. The second-order valence-electron chi connectivity index (χ2n) is 4.04. The Kier molecular flexibility index (Phi) is 2.72. The zero-order valence-corrected chi connectivity index (χ0v) is 10.4. The molecular weight excluding hydrogens is 266 g/mol. The van der Waals surface area contributed by atoms with E-state index in [2.05, 4.69) is 4.98 Å². The summed E-state index contributed by atoms with van der Waals surface area (Å²) in [5.41, 5.74) is 1.62. The van der Waals surface area contributed by atoms with E-state index in [1.165, 1.54) is 12.1 Å². The number of halogens is 1. The van der Waals surface area contributed by atoms with E-state index in [4.69, 9.17) is 16.0 Å². The van der Waals surface area contributed by atoms with Crippen LogP contribution in [-0.2, 0) is 0 Å². The van der Waals surface area contributed by atoms with Crippen LogP contribution in [0, 0.1) is 0 Å². The predicted octanol–water partition coefficient (Wildman–Crippen LogP) is 3.01. The molecule has 19 heavy (non-hydrogen) atoms. The van der Waals surface area contributed by atoms with Crippen LogP contribution in [0.3, 0.4) is 0 Å². The number of carbonyl (C=O) groups is 1. The molecule has 5 heteroatoms. The summed E-state index contributed by atoms with van der Waals surface area (Å²) < 4.78 is 4.93. The highest BCUT2D eigenvalue weighted by Crippen LogP contribution is 2.24. The molecule has 1 aromatic heterocycles. The van der Waals surface area contributed by atoms with Crippen LogP contribution in [0.1, 0.15) is 15.9 Å². The molecule has 1 heterocycles. The van der Waals surface area contributed by atoms with Gasteiger partial charge < -0.3 is 4.42 Å². The minimum atomic E-state index is -0.574. The molecule has 0 unspecified atom stereocenters. The summed E-state index contributed by atoms with van der Waals surface area (Å²) >= 11 is 6.07. The van der Waals surface area contributed by atoms with Gasteiger partial charge in [-0.1, -0.05) is 41.9 Å². The minimum Gasteiger partial charge on any atom is -0.408 e. The fourth-order valence-corrected chi connectivity index (χ4v) is 2.14. The molecule has 0 amide bonds. The summed E-state index contributed by atoms with van der Waals surface area (Å²) in [4.78, 5) is 25.9. The first kappa shape index (κ1) is 11.7. The van der Waals surface area contributed by atoms with Crippen LogP contribution in [-0.4, -0.2) is 10.8 Å². The van der Waals surface area contributed by atoms with Gasteiger partial charge in [-0.3, -0.25) is 9.78 Å². The summed E-state index contributed by atoms with van der Waals surface area (Å²) in [5.74, 6) is -0.785. The van der Waals surface area contributed by atoms with Crippen LogP contribution < -0.4 is 5.76 Å². The molecule has 3 rings (SSSR count). The van der Waals surface area contributed by atoms with Crippen molar-refractivity contribution < 1.29 is 9.21 Å². The van der Waals surface area contributed by atoms with Crippen LogP contribution in [0.5, 0.6) is 0 Å². The zero-order valence-electron chi connectivity index (χ0n) is 9.64. The van der Waals surface area contributed by atoms with Crippen molar-refractivity contribution in [2.45, 2.75) is 0 Å². The summed E-state index contributed by atoms with van der Waals surface area (Å²) in [5, 5.41) is 0.276. The van der Waals surface area contributed by atoms with Gasteiger partial charge in [0.15, 0.2) is 11.4 Å². The Morgan fingerprint density at radius 2 is 1.89 bits per heavy atom. The minimum absolute atomic E-state index is 0.212. The van der Waals surface area contributed by atoms with Crippen molar-refractivity contribution in [3.8, 4) is 0 Å². The summed E-state index contributed by atoms with van der Waals surface area (Å²) in [6.45, 7) is 0. The second kappa shape index (κ2) is 4.40. The van der Waals surface area contributed by atoms with Crippen LogP contribution >= 0.6 is 11.6 Å². The highest BCUT2D eigenvalue weighted by molar-refractivity contribution is 6.35. The molecule has 0 atom stereocenters. The smallest absolute Gasteiger partial charge is 0.408 e. The van der Waals surface area contributed by atoms with E-state index < -0.39 is 5.76 Å². The van der Waals surface area contributed by atoms with E-state index in [1.807, 2.05) is 6.07 Å². The third kappa shape index (κ3) is 2.06. The highest BCUT2D eigenvalue weighted by Gasteiger charge is 2.15. The molecule has 94 valence electrons. The molecule has 3 aromatic rings. The van der Waals surface area contributed by atoms with Gasteiger partial charge >= 0.3 is 5.76 Å². The number of ketones is 1. The van der Waals surface area contributed by atoms with Crippen molar-refractivity contribution in [2.75, 3.05) is 0 Å². The van der Waals surface area contributed by atoms with Gasteiger partial charge in [-0.2, -0.15) is 0 Å². The first-order valence-electron chi connectivity index (χ1n) is 5.57. The van der Waals surface area contributed by atoms with E-state index in [0.717, 1.165) is 0 Å². The Balaban J connectivity index is 2.17. The van der Waals surface area contributed by atoms with E-state index in [-0.39, 0.29) is 10.8 Å². The quantitative estimate of drug-likeness (QED) is 0.730. The number of aromatic nitrogens is 1. The SMILES string of the molecule is O=C(c1ccccc1)c1cc2oc(=O)[nH]c2cc1Cl. The number of oxazole rings is 1. The number of hydrogen-bond acceptors (Lipinski definition) is 3. The Labute approximate surface area is 112 Å². The average Bonchev–Trinajstić information content (AvgIpc) is 2.77. The molecule has 0 aliphatic rings. The van der Waals surface area contributed by atoms with Crippen molar-refractivity contribution in [3.63, 3.8) is 0 Å². The van der Waals surface area contributed by atoms with Crippen LogP contribution in [0.25, 0.3) is 11.1 Å². The maximum atomic E-state index is 12.3. The fourth-order valence-electron chi connectivity index (χ4n) is 1.89. The topological polar surface area (TPSA) is 63.1 Å². The molecule has 0 aliphatic carbocycles. The number of nitrogens with one attached hydrogen (secondary N) is 1. The Morgan fingerprint density at radius 3 is 2.63 bits per heavy atom. The normalized spacial score (nSPS) is 10.8. The number of carbonyl (C=O) groups excluding carboxylic acids is 1. The summed E-state index contributed by atoms with van der Waals surface area (Å²) in [6, 6.07) is 11.8. The van der Waals surface area contributed by atoms with Gasteiger partial charge in [-0.05, 0) is 12.1 Å². The lowest BCUT2D eigenvalue weighted by Gasteiger charge is -2.03. The first-order chi connectivity index (χ1) is 9.15. The van der Waals surface area contributed by atoms with Gasteiger partial charge in [0.25, 0.3) is 0 Å². The molecule has 0 radical (unpaired) electrons. The number of benzene rings is 2. The van der Waals surface area contributed by atoms with E-state index >= 15 is 0 Å². The molecule has 0 spiro atoms. The van der Waals surface area contributed by atoms with Crippen molar-refractivity contribution >= 4 is 28.5 Å². The molecule has 2 aromatic carbocycles. The molecular formula is C14H8ClNO3. The van der Waals surface area contributed by atoms with Crippen LogP contribution in [0.2, 0.25) is 5.02 Å². The van der Waals surface area contributed by atoms with E-state index in [1.54, 1.807) is 24.3 Å². The lowest BCUT2D eigenvalue weighted by molar-refractivity contribution is 0.103. The average molecular weight is 274 g/mol. The number of rotatable bonds is 2. The van der Waals surface area contributed by atoms with Crippen molar-refractivity contribution in [1.82, 2.24) is 4.98 Å². The molecule has 0 saturated carbocycles. The third-order valence-corrected chi connectivity index (χ3v) is 3.10. The van der Waals surface area contributed by atoms with Gasteiger partial charge in [0.05, 0.1) is 10.5 Å². The summed E-state index contributed by atoms with van der Waals surface area (Å²) in [7, 11) is 0. The highest BCUT2D eigenvalue weighted by atomic mass is 35.5. The molecule has 0 bridgehead atoms. The molecule has 4 nitrogen and oxygen atoms in total. The number of H-pyrrole nitrogens is 1. The Bertz CT molecular complexity index is 818. The van der Waals surface area contributed by atoms with Gasteiger partial charge in [0.1, 0.15) is 0 Å². The zero-order chi connectivity index (χ0) is 13.4. The second-order valence-corrected chi connectivity index (χ2v) is 4.45. The van der Waals surface area contributed by atoms with Crippen molar-refractivity contribution in [1.29, 1.82) is 0 Å².